The van der Waals surface area contributed by atoms with Crippen molar-refractivity contribution in [2.75, 3.05) is 30.8 Å². The lowest BCUT2D eigenvalue weighted by atomic mass is 10.1. The quantitative estimate of drug-likeness (QED) is 0.236. The predicted octanol–water partition coefficient (Wildman–Crippen LogP) is 3.80. The number of nitrogens with zero attached hydrogens (tertiary/aromatic N) is 8. The van der Waals surface area contributed by atoms with Gasteiger partial charge in [0.1, 0.15) is 22.4 Å². The first kappa shape index (κ1) is 29.7. The molecule has 1 atom stereocenters. The number of hydrogen-bond donors (Lipinski definition) is 2. The minimum Gasteiger partial charge on any atom is -0.610 e. The molecule has 1 aromatic carbocycles. The van der Waals surface area contributed by atoms with Crippen molar-refractivity contribution in [1.29, 1.82) is 0 Å². The molecule has 2 N–H and O–H groups in total. The van der Waals surface area contributed by atoms with E-state index < -0.39 is 11.2 Å². The summed E-state index contributed by atoms with van der Waals surface area (Å²) in [5.74, 6) is 0.864. The van der Waals surface area contributed by atoms with Gasteiger partial charge in [0.05, 0.1) is 18.3 Å². The number of rotatable bonds is 9. The Bertz CT molecular complexity index is 1810. The van der Waals surface area contributed by atoms with Crippen molar-refractivity contribution in [1.82, 2.24) is 39.0 Å². The van der Waals surface area contributed by atoms with Gasteiger partial charge in [0.2, 0.25) is 5.95 Å². The highest BCUT2D eigenvalue weighted by Crippen LogP contribution is 2.24. The van der Waals surface area contributed by atoms with Crippen LogP contribution in [0.3, 0.4) is 0 Å². The molecule has 1 aliphatic heterocycles. The Morgan fingerprint density at radius 3 is 2.43 bits per heavy atom. The summed E-state index contributed by atoms with van der Waals surface area (Å²) in [7, 11) is 3.99. The van der Waals surface area contributed by atoms with Crippen molar-refractivity contribution in [3.05, 3.63) is 77.4 Å². The Balaban J connectivity index is 1.34. The molecule has 0 amide bonds. The normalized spacial score (nSPS) is 15.1. The summed E-state index contributed by atoms with van der Waals surface area (Å²) in [5.41, 5.74) is 2.85. The molecule has 1 fully saturated rings. The predicted molar refractivity (Wildman–Crippen MR) is 173 cm³/mol. The first-order valence-electron chi connectivity index (χ1n) is 14.7. The average Bonchev–Trinajstić information content (AvgIpc) is 3.45. The van der Waals surface area contributed by atoms with E-state index in [-0.39, 0.29) is 17.4 Å². The fourth-order valence-electron chi connectivity index (χ4n) is 5.32. The molecule has 6 rings (SSSR count). The summed E-state index contributed by atoms with van der Waals surface area (Å²) in [6, 6.07) is 10.3. The third-order valence-electron chi connectivity index (χ3n) is 7.78. The third kappa shape index (κ3) is 6.30. The standard InChI is InChI=1S/C31H36N10O2S/c1-20(2)44(43)29-26(32-11-12-34-29)19-41-27-21(17-25(30(41)42)28-33-13-16-40(28)4)18-35-31(38-27)37-23-7-5-22(6-8-23)36-24-9-14-39(3)15-10-24/h5-8,11-13,16-18,20,24,36H,9-10,14-15,19H2,1-4H3,(H,35,37,38). The summed E-state index contributed by atoms with van der Waals surface area (Å²) < 4.78 is 16.4. The van der Waals surface area contributed by atoms with Crippen LogP contribution in [-0.4, -0.2) is 74.9 Å². The van der Waals surface area contributed by atoms with Crippen LogP contribution in [0.1, 0.15) is 32.4 Å². The van der Waals surface area contributed by atoms with E-state index in [2.05, 4.69) is 42.5 Å². The van der Waals surface area contributed by atoms with E-state index in [1.165, 1.54) is 10.8 Å². The van der Waals surface area contributed by atoms with Gasteiger partial charge in [0, 0.05) is 65.8 Å². The molecule has 0 spiro atoms. The number of likely N-dealkylation sites (tertiary alicyclic amines) is 1. The molecule has 1 unspecified atom stereocenters. The lowest BCUT2D eigenvalue weighted by molar-refractivity contribution is 0.264. The summed E-state index contributed by atoms with van der Waals surface area (Å²) in [6.45, 7) is 5.95. The lowest BCUT2D eigenvalue weighted by Crippen LogP contribution is -2.36. The van der Waals surface area contributed by atoms with Crippen LogP contribution in [0.15, 0.2) is 71.1 Å². The zero-order valence-corrected chi connectivity index (χ0v) is 26.1. The number of hydrogen-bond acceptors (Lipinski definition) is 10. The molecular formula is C31H36N10O2S. The second kappa shape index (κ2) is 12.7. The van der Waals surface area contributed by atoms with Crippen molar-refractivity contribution < 1.29 is 4.55 Å². The fraction of sp³-hybridized carbons (Fsp3) is 0.355. The van der Waals surface area contributed by atoms with Crippen molar-refractivity contribution in [3.8, 4) is 11.4 Å². The molecule has 0 bridgehead atoms. The van der Waals surface area contributed by atoms with Crippen molar-refractivity contribution >= 4 is 39.5 Å². The maximum atomic E-state index is 14.0. The molecule has 5 aromatic rings. The summed E-state index contributed by atoms with van der Waals surface area (Å²) in [6.07, 6.45) is 10.4. The van der Waals surface area contributed by atoms with Crippen LogP contribution >= 0.6 is 0 Å². The highest BCUT2D eigenvalue weighted by atomic mass is 32.2. The molecule has 44 heavy (non-hydrogen) atoms. The van der Waals surface area contributed by atoms with Gasteiger partial charge in [-0.25, -0.2) is 15.0 Å². The Morgan fingerprint density at radius 2 is 1.73 bits per heavy atom. The number of nitrogens with one attached hydrogen (secondary N) is 2. The Labute approximate surface area is 258 Å². The average molecular weight is 613 g/mol. The van der Waals surface area contributed by atoms with Gasteiger partial charge in [0.25, 0.3) is 10.6 Å². The molecule has 0 radical (unpaired) electrons. The minimum atomic E-state index is -1.39. The van der Waals surface area contributed by atoms with Crippen LogP contribution in [0.5, 0.6) is 0 Å². The van der Waals surface area contributed by atoms with Gasteiger partial charge >= 0.3 is 0 Å². The molecule has 1 saturated heterocycles. The highest BCUT2D eigenvalue weighted by molar-refractivity contribution is 7.92. The van der Waals surface area contributed by atoms with Gasteiger partial charge in [-0.05, 0) is 77.2 Å². The highest BCUT2D eigenvalue weighted by Gasteiger charge is 2.25. The van der Waals surface area contributed by atoms with E-state index in [0.717, 1.165) is 37.3 Å². The molecule has 13 heteroatoms. The number of aryl methyl sites for hydroxylation is 1. The van der Waals surface area contributed by atoms with Gasteiger partial charge in [-0.2, -0.15) is 4.98 Å². The van der Waals surface area contributed by atoms with E-state index in [1.54, 1.807) is 35.4 Å². The molecule has 0 aliphatic carbocycles. The van der Waals surface area contributed by atoms with Gasteiger partial charge in [-0.15, -0.1) is 0 Å². The summed E-state index contributed by atoms with van der Waals surface area (Å²) in [4.78, 5) is 39.0. The van der Waals surface area contributed by atoms with E-state index >= 15 is 0 Å². The smallest absolute Gasteiger partial charge is 0.268 e. The molecular weight excluding hydrogens is 576 g/mol. The van der Waals surface area contributed by atoms with E-state index in [1.807, 2.05) is 45.2 Å². The number of imidazole rings is 1. The number of pyridine rings is 1. The van der Waals surface area contributed by atoms with Gasteiger partial charge in [0.15, 0.2) is 0 Å². The van der Waals surface area contributed by atoms with Gasteiger partial charge in [-0.3, -0.25) is 14.3 Å². The topological polar surface area (TPSA) is 142 Å². The Morgan fingerprint density at radius 1 is 1.00 bits per heavy atom. The van der Waals surface area contributed by atoms with E-state index in [0.29, 0.717) is 45.1 Å². The zero-order chi connectivity index (χ0) is 30.8. The maximum Gasteiger partial charge on any atom is 0.268 e. The van der Waals surface area contributed by atoms with Crippen molar-refractivity contribution in [2.24, 2.45) is 7.05 Å². The fourth-order valence-corrected chi connectivity index (χ4v) is 6.28. The van der Waals surface area contributed by atoms with Crippen LogP contribution in [-0.2, 0) is 24.8 Å². The second-order valence-corrected chi connectivity index (χ2v) is 13.3. The number of piperidine rings is 1. The van der Waals surface area contributed by atoms with Gasteiger partial charge in [-0.1, -0.05) is 0 Å². The maximum absolute atomic E-state index is 14.0. The van der Waals surface area contributed by atoms with Crippen LogP contribution in [0.2, 0.25) is 0 Å². The van der Waals surface area contributed by atoms with E-state index in [9.17, 15) is 9.35 Å². The molecule has 5 heterocycles. The number of benzene rings is 1. The van der Waals surface area contributed by atoms with Gasteiger partial charge < -0.3 is 24.7 Å². The molecule has 228 valence electrons. The largest absolute Gasteiger partial charge is 0.610 e. The molecule has 0 saturated carbocycles. The monoisotopic (exact) mass is 612 g/mol. The van der Waals surface area contributed by atoms with E-state index in [4.69, 9.17) is 4.98 Å². The van der Waals surface area contributed by atoms with Crippen molar-refractivity contribution in [2.45, 2.75) is 49.6 Å². The third-order valence-corrected chi connectivity index (χ3v) is 9.36. The molecule has 1 aliphatic rings. The second-order valence-electron chi connectivity index (χ2n) is 11.4. The Hall–Kier alpha value is -4.33. The number of fused-ring (bicyclic) bond motifs is 1. The first-order valence-corrected chi connectivity index (χ1v) is 15.9. The summed E-state index contributed by atoms with van der Waals surface area (Å²) in [5, 5.41) is 7.75. The first-order chi connectivity index (χ1) is 21.3. The number of anilines is 3. The zero-order valence-electron chi connectivity index (χ0n) is 25.3. The Kier molecular flexibility index (Phi) is 8.60. The molecule has 4 aromatic heterocycles. The van der Waals surface area contributed by atoms with Crippen LogP contribution in [0.4, 0.5) is 17.3 Å². The van der Waals surface area contributed by atoms with Crippen LogP contribution < -0.4 is 16.2 Å². The molecule has 12 nitrogen and oxygen atoms in total. The van der Waals surface area contributed by atoms with Crippen LogP contribution in [0, 0.1) is 0 Å². The van der Waals surface area contributed by atoms with Crippen LogP contribution in [0.25, 0.3) is 22.4 Å². The number of aromatic nitrogens is 7. The lowest BCUT2D eigenvalue weighted by Gasteiger charge is -2.30. The minimum absolute atomic E-state index is 0.0308. The summed E-state index contributed by atoms with van der Waals surface area (Å²) >= 11 is -1.39. The van der Waals surface area contributed by atoms with Crippen molar-refractivity contribution in [3.63, 3.8) is 0 Å². The SMILES string of the molecule is CC(C)[S+]([O-])c1nccnc1Cn1c(=O)c(-c2nccn2C)cc2cnc(Nc3ccc(NC4CCN(C)CC4)cc3)nc21.